The minimum atomic E-state index is -0.772. The van der Waals surface area contributed by atoms with Crippen LogP contribution in [-0.4, -0.2) is 56.7 Å². The van der Waals surface area contributed by atoms with Crippen molar-refractivity contribution < 1.29 is 14.4 Å². The third kappa shape index (κ3) is 4.57. The summed E-state index contributed by atoms with van der Waals surface area (Å²) in [5, 5.41) is 5.78. The number of hydrogen-bond acceptors (Lipinski definition) is 8. The Kier molecular flexibility index (Phi) is 5.86. The summed E-state index contributed by atoms with van der Waals surface area (Å²) in [7, 11) is 0. The second kappa shape index (κ2) is 8.50. The van der Waals surface area contributed by atoms with E-state index in [4.69, 9.17) is 11.5 Å². The van der Waals surface area contributed by atoms with E-state index in [2.05, 4.69) is 25.6 Å². The molecule has 0 aromatic carbocycles. The molecule has 0 aliphatic carbocycles. The van der Waals surface area contributed by atoms with E-state index in [1.807, 2.05) is 0 Å². The third-order valence-corrected chi connectivity index (χ3v) is 4.47. The normalized spacial score (nSPS) is 13.9. The summed E-state index contributed by atoms with van der Waals surface area (Å²) in [6.45, 7) is 3.27. The predicted molar refractivity (Wildman–Crippen MR) is 105 cm³/mol. The van der Waals surface area contributed by atoms with Crippen molar-refractivity contribution in [2.45, 2.75) is 25.8 Å². The summed E-state index contributed by atoms with van der Waals surface area (Å²) in [6, 6.07) is 2.60. The van der Waals surface area contributed by atoms with Gasteiger partial charge >= 0.3 is 0 Å². The van der Waals surface area contributed by atoms with Gasteiger partial charge in [0.05, 0.1) is 18.1 Å². The molecular formula is C18H22N8O3. The number of nitrogens with one attached hydrogen (secondary N) is 2. The van der Waals surface area contributed by atoms with E-state index in [1.54, 1.807) is 24.0 Å². The Morgan fingerprint density at radius 1 is 1.17 bits per heavy atom. The highest BCUT2D eigenvalue weighted by Crippen LogP contribution is 2.20. The van der Waals surface area contributed by atoms with Crippen LogP contribution in [0.5, 0.6) is 0 Å². The lowest BCUT2D eigenvalue weighted by atomic mass is 10.2. The molecule has 0 saturated carbocycles. The number of hydrogen-bond donors (Lipinski definition) is 4. The quantitative estimate of drug-likeness (QED) is 0.490. The van der Waals surface area contributed by atoms with Crippen LogP contribution < -0.4 is 22.1 Å². The topological polar surface area (TPSA) is 169 Å². The monoisotopic (exact) mass is 398 g/mol. The maximum Gasteiger partial charge on any atom is 0.272 e. The highest BCUT2D eigenvalue weighted by Gasteiger charge is 2.22. The van der Waals surface area contributed by atoms with Gasteiger partial charge in [0.2, 0.25) is 5.91 Å². The molecule has 2 aromatic heterocycles. The van der Waals surface area contributed by atoms with Gasteiger partial charge in [0, 0.05) is 13.1 Å². The lowest BCUT2D eigenvalue weighted by Crippen LogP contribution is -2.42. The number of pyridine rings is 1. The molecular weight excluding hydrogens is 376 g/mol. The molecule has 3 heterocycles. The number of carbonyl (C=O) groups is 3. The van der Waals surface area contributed by atoms with Crippen LogP contribution in [-0.2, 0) is 4.79 Å². The lowest BCUT2D eigenvalue weighted by Gasteiger charge is -2.30. The number of nitrogens with two attached hydrogens (primary N) is 2. The van der Waals surface area contributed by atoms with Crippen molar-refractivity contribution >= 4 is 35.0 Å². The van der Waals surface area contributed by atoms with Crippen LogP contribution >= 0.6 is 0 Å². The molecule has 1 saturated heterocycles. The Labute approximate surface area is 166 Å². The Morgan fingerprint density at radius 3 is 2.45 bits per heavy atom. The van der Waals surface area contributed by atoms with Crippen molar-refractivity contribution in [2.24, 2.45) is 11.5 Å². The maximum atomic E-state index is 12.2. The number of likely N-dealkylation sites (tertiary alicyclic amines) is 1. The van der Waals surface area contributed by atoms with Gasteiger partial charge in [0.1, 0.15) is 17.6 Å². The molecule has 11 nitrogen and oxygen atoms in total. The molecule has 0 spiro atoms. The molecule has 1 aliphatic rings. The van der Waals surface area contributed by atoms with Crippen LogP contribution in [0.3, 0.4) is 0 Å². The highest BCUT2D eigenvalue weighted by molar-refractivity contribution is 5.96. The van der Waals surface area contributed by atoms with Crippen LogP contribution in [0.2, 0.25) is 0 Å². The van der Waals surface area contributed by atoms with Crippen molar-refractivity contribution in [1.29, 1.82) is 0 Å². The molecule has 2 aromatic rings. The van der Waals surface area contributed by atoms with E-state index in [0.29, 0.717) is 17.8 Å². The van der Waals surface area contributed by atoms with Gasteiger partial charge in [0.15, 0.2) is 11.5 Å². The molecule has 1 fully saturated rings. The maximum absolute atomic E-state index is 12.2. The predicted octanol–water partition coefficient (Wildman–Crippen LogP) is 0.236. The van der Waals surface area contributed by atoms with Crippen LogP contribution in [0.1, 0.15) is 40.7 Å². The zero-order valence-corrected chi connectivity index (χ0v) is 15.9. The van der Waals surface area contributed by atoms with E-state index in [-0.39, 0.29) is 23.2 Å². The molecule has 3 amide bonds. The first-order valence-electron chi connectivity index (χ1n) is 9.14. The molecule has 3 rings (SSSR count). The zero-order chi connectivity index (χ0) is 21.0. The van der Waals surface area contributed by atoms with Crippen molar-refractivity contribution in [3.05, 3.63) is 35.9 Å². The molecule has 1 atom stereocenters. The SMILES string of the molecule is CCC(Nc1cnc(C(N)=O)c(Nc2ccc(C(=O)N3CCC3)nc2)n1)C(N)=O. The fourth-order valence-corrected chi connectivity index (χ4v) is 2.69. The van der Waals surface area contributed by atoms with Crippen molar-refractivity contribution in [3.63, 3.8) is 0 Å². The molecule has 11 heteroatoms. The molecule has 0 bridgehead atoms. The number of anilines is 3. The van der Waals surface area contributed by atoms with E-state index in [9.17, 15) is 14.4 Å². The van der Waals surface area contributed by atoms with Gasteiger partial charge in [-0.25, -0.2) is 15.0 Å². The van der Waals surface area contributed by atoms with Crippen LogP contribution in [0.25, 0.3) is 0 Å². The fourth-order valence-electron chi connectivity index (χ4n) is 2.69. The van der Waals surface area contributed by atoms with Gasteiger partial charge in [-0.2, -0.15) is 0 Å². The first-order valence-corrected chi connectivity index (χ1v) is 9.14. The standard InChI is InChI=1S/C18H22N8O3/c1-2-11(15(19)27)24-13-9-22-14(16(20)28)17(25-13)23-10-4-5-12(21-8-10)18(29)26-6-3-7-26/h4-5,8-9,11H,2-3,6-7H2,1H3,(H2,19,27)(H2,20,28)(H2,23,24,25). The Bertz CT molecular complexity index is 927. The summed E-state index contributed by atoms with van der Waals surface area (Å²) < 4.78 is 0. The van der Waals surface area contributed by atoms with E-state index < -0.39 is 17.9 Å². The molecule has 0 radical (unpaired) electrons. The van der Waals surface area contributed by atoms with Crippen LogP contribution in [0.15, 0.2) is 24.5 Å². The lowest BCUT2D eigenvalue weighted by molar-refractivity contribution is -0.118. The number of primary amides is 2. The van der Waals surface area contributed by atoms with Gasteiger partial charge in [-0.3, -0.25) is 14.4 Å². The van der Waals surface area contributed by atoms with Crippen molar-refractivity contribution in [2.75, 3.05) is 23.7 Å². The Hall–Kier alpha value is -3.76. The minimum Gasteiger partial charge on any atom is -0.368 e. The van der Waals surface area contributed by atoms with Gasteiger partial charge in [-0.15, -0.1) is 0 Å². The van der Waals surface area contributed by atoms with E-state index in [1.165, 1.54) is 12.4 Å². The first kappa shape index (κ1) is 20.0. The highest BCUT2D eigenvalue weighted by atomic mass is 16.2. The number of carbonyl (C=O) groups excluding carboxylic acids is 3. The van der Waals surface area contributed by atoms with Crippen molar-refractivity contribution in [3.8, 4) is 0 Å². The van der Waals surface area contributed by atoms with Crippen LogP contribution in [0, 0.1) is 0 Å². The van der Waals surface area contributed by atoms with E-state index in [0.717, 1.165) is 19.5 Å². The summed E-state index contributed by atoms with van der Waals surface area (Å²) >= 11 is 0. The molecule has 152 valence electrons. The van der Waals surface area contributed by atoms with Gasteiger partial charge in [0.25, 0.3) is 11.8 Å². The summed E-state index contributed by atoms with van der Waals surface area (Å²) in [6.07, 6.45) is 4.20. The average molecular weight is 398 g/mol. The van der Waals surface area contributed by atoms with E-state index >= 15 is 0 Å². The molecule has 1 unspecified atom stereocenters. The van der Waals surface area contributed by atoms with Crippen LogP contribution in [0.4, 0.5) is 17.3 Å². The summed E-state index contributed by atoms with van der Waals surface area (Å²) in [5.41, 5.74) is 11.4. The van der Waals surface area contributed by atoms with Gasteiger partial charge in [-0.05, 0) is 25.0 Å². The zero-order valence-electron chi connectivity index (χ0n) is 15.9. The minimum absolute atomic E-state index is 0.0802. The number of aromatic nitrogens is 3. The smallest absolute Gasteiger partial charge is 0.272 e. The number of nitrogens with zero attached hydrogens (tertiary/aromatic N) is 4. The first-order chi connectivity index (χ1) is 13.9. The van der Waals surface area contributed by atoms with Crippen molar-refractivity contribution in [1.82, 2.24) is 19.9 Å². The third-order valence-electron chi connectivity index (χ3n) is 4.47. The Balaban J connectivity index is 1.80. The molecule has 6 N–H and O–H groups in total. The summed E-state index contributed by atoms with van der Waals surface area (Å²) in [4.78, 5) is 49.5. The molecule has 29 heavy (non-hydrogen) atoms. The summed E-state index contributed by atoms with van der Waals surface area (Å²) in [5.74, 6) is -1.09. The Morgan fingerprint density at radius 2 is 1.93 bits per heavy atom. The second-order valence-corrected chi connectivity index (χ2v) is 6.53. The fraction of sp³-hybridized carbons (Fsp3) is 0.333. The van der Waals surface area contributed by atoms with Gasteiger partial charge in [-0.1, -0.05) is 6.92 Å². The molecule has 1 aliphatic heterocycles. The second-order valence-electron chi connectivity index (χ2n) is 6.53. The number of amides is 3. The average Bonchev–Trinajstić information content (AvgIpc) is 2.65. The van der Waals surface area contributed by atoms with Gasteiger partial charge < -0.3 is 27.0 Å². The largest absolute Gasteiger partial charge is 0.368 e. The number of rotatable bonds is 8.